The Morgan fingerprint density at radius 1 is 1.58 bits per heavy atom. The second-order valence-electron chi connectivity index (χ2n) is 5.05. The molecular weight excluding hydrogens is 262 g/mol. The van der Waals surface area contributed by atoms with Crippen molar-refractivity contribution in [3.05, 3.63) is 5.01 Å². The van der Waals surface area contributed by atoms with Crippen molar-refractivity contribution in [3.63, 3.8) is 0 Å². The lowest BCUT2D eigenvalue weighted by Crippen LogP contribution is -2.32. The van der Waals surface area contributed by atoms with Gasteiger partial charge in [-0.2, -0.15) is 0 Å². The minimum atomic E-state index is -0.0313. The smallest absolute Gasteiger partial charge is 0.284 e. The van der Waals surface area contributed by atoms with E-state index in [1.807, 2.05) is 14.0 Å². The van der Waals surface area contributed by atoms with Crippen LogP contribution in [0.1, 0.15) is 23.1 Å². The molecule has 2 heterocycles. The van der Waals surface area contributed by atoms with Crippen LogP contribution in [0.5, 0.6) is 0 Å². The van der Waals surface area contributed by atoms with E-state index in [9.17, 15) is 4.79 Å². The minimum Gasteiger partial charge on any atom is -0.360 e. The van der Waals surface area contributed by atoms with Crippen LogP contribution in [0, 0.1) is 5.92 Å². The molecule has 1 atom stereocenters. The summed E-state index contributed by atoms with van der Waals surface area (Å²) in [5.41, 5.74) is 0. The highest BCUT2D eigenvalue weighted by Gasteiger charge is 2.24. The van der Waals surface area contributed by atoms with Crippen LogP contribution in [0.3, 0.4) is 0 Å². The van der Waals surface area contributed by atoms with Gasteiger partial charge in [0.2, 0.25) is 10.1 Å². The van der Waals surface area contributed by atoms with Crippen molar-refractivity contribution in [2.24, 2.45) is 5.92 Å². The fourth-order valence-corrected chi connectivity index (χ4v) is 3.15. The van der Waals surface area contributed by atoms with Gasteiger partial charge in [0.15, 0.2) is 0 Å². The number of hydrogen-bond donors (Lipinski definition) is 1. The number of rotatable bonds is 5. The normalized spacial score (nSPS) is 19.6. The summed E-state index contributed by atoms with van der Waals surface area (Å²) in [6.07, 6.45) is 1.16. The lowest BCUT2D eigenvalue weighted by atomic mass is 10.1. The maximum absolute atomic E-state index is 12.2. The molecule has 1 aromatic rings. The van der Waals surface area contributed by atoms with Crippen LogP contribution in [0.25, 0.3) is 0 Å². The number of carbonyl (C=O) groups excluding carboxylic acids is 1. The number of nitrogens with one attached hydrogen (secondary N) is 1. The molecular formula is C12H21N5OS. The second-order valence-corrected chi connectivity index (χ2v) is 6.02. The maximum Gasteiger partial charge on any atom is 0.284 e. The first-order chi connectivity index (χ1) is 9.10. The van der Waals surface area contributed by atoms with Crippen LogP contribution in [-0.4, -0.2) is 66.2 Å². The molecule has 7 heteroatoms. The largest absolute Gasteiger partial charge is 0.360 e. The molecule has 0 saturated carbocycles. The van der Waals surface area contributed by atoms with E-state index in [0.29, 0.717) is 16.1 Å². The molecule has 2 rings (SSSR count). The third-order valence-corrected chi connectivity index (χ3v) is 4.17. The van der Waals surface area contributed by atoms with E-state index in [0.717, 1.165) is 32.6 Å². The lowest BCUT2D eigenvalue weighted by molar-refractivity contribution is 0.0773. The summed E-state index contributed by atoms with van der Waals surface area (Å²) in [5.74, 6) is 0.538. The quantitative estimate of drug-likeness (QED) is 0.873. The van der Waals surface area contributed by atoms with E-state index in [-0.39, 0.29) is 5.91 Å². The Morgan fingerprint density at radius 2 is 2.37 bits per heavy atom. The zero-order valence-corrected chi connectivity index (χ0v) is 12.5. The molecule has 0 bridgehead atoms. The van der Waals surface area contributed by atoms with E-state index in [1.165, 1.54) is 11.3 Å². The van der Waals surface area contributed by atoms with Crippen molar-refractivity contribution in [3.8, 4) is 0 Å². The third-order valence-electron chi connectivity index (χ3n) is 3.30. The summed E-state index contributed by atoms with van der Waals surface area (Å²) < 4.78 is 0. The molecule has 1 N–H and O–H groups in total. The van der Waals surface area contributed by atoms with Gasteiger partial charge in [-0.05, 0) is 32.9 Å². The summed E-state index contributed by atoms with van der Waals surface area (Å²) in [5, 5.41) is 12.1. The summed E-state index contributed by atoms with van der Waals surface area (Å²) in [6.45, 7) is 5.75. The van der Waals surface area contributed by atoms with Gasteiger partial charge < -0.3 is 15.1 Å². The number of likely N-dealkylation sites (tertiary alicyclic amines) is 1. The van der Waals surface area contributed by atoms with Gasteiger partial charge in [-0.15, -0.1) is 10.2 Å². The van der Waals surface area contributed by atoms with Crippen LogP contribution in [0.4, 0.5) is 5.13 Å². The molecule has 1 aromatic heterocycles. The predicted octanol–water partition coefficient (Wildman–Crippen LogP) is 0.994. The predicted molar refractivity (Wildman–Crippen MR) is 76.6 cm³/mol. The minimum absolute atomic E-state index is 0.0313. The molecule has 1 aliphatic rings. The van der Waals surface area contributed by atoms with Gasteiger partial charge in [0.05, 0.1) is 0 Å². The molecule has 1 fully saturated rings. The van der Waals surface area contributed by atoms with Crippen LogP contribution in [-0.2, 0) is 0 Å². The maximum atomic E-state index is 12.2. The molecule has 19 heavy (non-hydrogen) atoms. The van der Waals surface area contributed by atoms with Gasteiger partial charge in [0.1, 0.15) is 0 Å². The summed E-state index contributed by atoms with van der Waals surface area (Å²) in [4.78, 5) is 16.3. The SMILES string of the molecule is CCNc1nnc(C(=O)N(C)CC2CCN(C)C2)s1. The van der Waals surface area contributed by atoms with Gasteiger partial charge >= 0.3 is 0 Å². The van der Waals surface area contributed by atoms with Gasteiger partial charge in [-0.3, -0.25) is 4.79 Å². The summed E-state index contributed by atoms with van der Waals surface area (Å²) in [6, 6.07) is 0. The summed E-state index contributed by atoms with van der Waals surface area (Å²) in [7, 11) is 3.96. The first kappa shape index (κ1) is 14.2. The molecule has 106 valence electrons. The number of carbonyl (C=O) groups is 1. The highest BCUT2D eigenvalue weighted by molar-refractivity contribution is 7.17. The topological polar surface area (TPSA) is 61.4 Å². The van der Waals surface area contributed by atoms with E-state index < -0.39 is 0 Å². The Balaban J connectivity index is 1.90. The van der Waals surface area contributed by atoms with Crippen molar-refractivity contribution in [1.29, 1.82) is 0 Å². The third kappa shape index (κ3) is 3.63. The Bertz CT molecular complexity index is 436. The molecule has 0 aliphatic carbocycles. The fraction of sp³-hybridized carbons (Fsp3) is 0.750. The first-order valence-electron chi connectivity index (χ1n) is 6.61. The van der Waals surface area contributed by atoms with E-state index in [1.54, 1.807) is 4.90 Å². The molecule has 1 aliphatic heterocycles. The van der Waals surface area contributed by atoms with Crippen molar-refractivity contribution >= 4 is 22.4 Å². The Labute approximate surface area is 117 Å². The van der Waals surface area contributed by atoms with E-state index in [4.69, 9.17) is 0 Å². The Morgan fingerprint density at radius 3 is 3.00 bits per heavy atom. The number of amides is 1. The number of hydrogen-bond acceptors (Lipinski definition) is 6. The Kier molecular flexibility index (Phi) is 4.71. The number of aromatic nitrogens is 2. The molecule has 1 unspecified atom stereocenters. The molecule has 1 saturated heterocycles. The van der Waals surface area contributed by atoms with Crippen LogP contribution in [0.2, 0.25) is 0 Å². The summed E-state index contributed by atoms with van der Waals surface area (Å²) >= 11 is 1.32. The standard InChI is InChI=1S/C12H21N5OS/c1-4-13-12-15-14-10(19-12)11(18)17(3)8-9-5-6-16(2)7-9/h9H,4-8H2,1-3H3,(H,13,15). The van der Waals surface area contributed by atoms with Gasteiger partial charge in [0.25, 0.3) is 5.91 Å². The highest BCUT2D eigenvalue weighted by atomic mass is 32.1. The monoisotopic (exact) mass is 283 g/mol. The van der Waals surface area contributed by atoms with Gasteiger partial charge in [-0.1, -0.05) is 11.3 Å². The lowest BCUT2D eigenvalue weighted by Gasteiger charge is -2.19. The average Bonchev–Trinajstić information content (AvgIpc) is 2.98. The van der Waals surface area contributed by atoms with Gasteiger partial charge in [-0.25, -0.2) is 0 Å². The fourth-order valence-electron chi connectivity index (χ4n) is 2.34. The average molecular weight is 283 g/mol. The van der Waals surface area contributed by atoms with Crippen molar-refractivity contribution in [1.82, 2.24) is 20.0 Å². The van der Waals surface area contributed by atoms with E-state index in [2.05, 4.69) is 27.5 Å². The van der Waals surface area contributed by atoms with Crippen molar-refractivity contribution in [2.75, 3.05) is 45.6 Å². The van der Waals surface area contributed by atoms with E-state index >= 15 is 0 Å². The van der Waals surface area contributed by atoms with Gasteiger partial charge in [0, 0.05) is 26.7 Å². The van der Waals surface area contributed by atoms with Crippen molar-refractivity contribution in [2.45, 2.75) is 13.3 Å². The molecule has 0 spiro atoms. The Hall–Kier alpha value is -1.21. The van der Waals surface area contributed by atoms with Crippen LogP contribution in [0.15, 0.2) is 0 Å². The molecule has 0 radical (unpaired) electrons. The molecule has 1 amide bonds. The zero-order chi connectivity index (χ0) is 13.8. The van der Waals surface area contributed by atoms with Crippen LogP contribution >= 0.6 is 11.3 Å². The number of anilines is 1. The van der Waals surface area contributed by atoms with Crippen molar-refractivity contribution < 1.29 is 4.79 Å². The molecule has 0 aromatic carbocycles. The van der Waals surface area contributed by atoms with Crippen LogP contribution < -0.4 is 5.32 Å². The zero-order valence-electron chi connectivity index (χ0n) is 11.7. The second kappa shape index (κ2) is 6.29. The first-order valence-corrected chi connectivity index (χ1v) is 7.43. The molecule has 6 nitrogen and oxygen atoms in total. The number of nitrogens with zero attached hydrogens (tertiary/aromatic N) is 4. The highest BCUT2D eigenvalue weighted by Crippen LogP contribution is 2.19.